The smallest absolute Gasteiger partial charge is 0.769 e. The molecular formula is C20H21Cl2N2NaO7. The Balaban J connectivity index is -0.000000413. The van der Waals surface area contributed by atoms with Gasteiger partial charge < -0.3 is 20.4 Å². The average molecular weight is 495 g/mol. The summed E-state index contributed by atoms with van der Waals surface area (Å²) >= 11 is 9.17. The van der Waals surface area contributed by atoms with Crippen LogP contribution < -0.4 is 44.8 Å². The van der Waals surface area contributed by atoms with Crippen molar-refractivity contribution in [3.05, 3.63) is 58.6 Å². The van der Waals surface area contributed by atoms with Crippen LogP contribution in [-0.2, 0) is 14.4 Å². The second-order valence-corrected chi connectivity index (χ2v) is 5.89. The van der Waals surface area contributed by atoms with Gasteiger partial charge in [-0.25, -0.2) is 11.9 Å². The van der Waals surface area contributed by atoms with Gasteiger partial charge in [-0.1, -0.05) is 11.6 Å². The van der Waals surface area contributed by atoms with Crippen LogP contribution in [0.3, 0.4) is 0 Å². The van der Waals surface area contributed by atoms with Crippen LogP contribution in [0.2, 0.25) is 5.02 Å². The molecule has 0 unspecified atom stereocenters. The first-order chi connectivity index (χ1) is 14.6. The molecule has 12 heteroatoms. The maximum Gasteiger partial charge on any atom is 1.00 e. The van der Waals surface area contributed by atoms with E-state index >= 15 is 0 Å². The fraction of sp³-hybridized carbons (Fsp3) is 0.150. The van der Waals surface area contributed by atoms with Crippen molar-refractivity contribution in [1.82, 2.24) is 0 Å². The summed E-state index contributed by atoms with van der Waals surface area (Å²) in [6, 6.07) is 11.4. The second-order valence-electron chi connectivity index (χ2n) is 5.48. The third-order valence-corrected chi connectivity index (χ3v) is 3.12. The Hall–Kier alpha value is -2.27. The standard InChI is InChI=1S/C9H8ClNO2.C9H9NO2.C2H4O2.ClO.Na/c1-6(13)11-9-3-2-7(5-12)4-8(9)10;1-7(12)10-9-4-2-8(6-11)3-5-9;1-2(3)4;1-2;/h2-5H,1H3,(H,11,13);2-6H,1H3,(H,10,12);1H3,(H,3,4);;/q;;;-1;+1. The number of aliphatic carboxylic acids is 1. The first kappa shape index (κ1) is 34.3. The zero-order valence-electron chi connectivity index (χ0n) is 17.8. The van der Waals surface area contributed by atoms with E-state index in [0.717, 1.165) is 13.2 Å². The van der Waals surface area contributed by atoms with Gasteiger partial charge in [0, 0.05) is 37.6 Å². The van der Waals surface area contributed by atoms with Crippen LogP contribution in [0.5, 0.6) is 0 Å². The van der Waals surface area contributed by atoms with Crippen molar-refractivity contribution >= 4 is 65.2 Å². The second kappa shape index (κ2) is 20.6. The number of aldehydes is 2. The van der Waals surface area contributed by atoms with Crippen molar-refractivity contribution in [2.45, 2.75) is 20.8 Å². The molecule has 0 aliphatic rings. The summed E-state index contributed by atoms with van der Waals surface area (Å²) in [6.45, 7) is 3.91. The minimum Gasteiger partial charge on any atom is -0.769 e. The maximum atomic E-state index is 10.7. The zero-order valence-corrected chi connectivity index (χ0v) is 21.4. The number of rotatable bonds is 4. The first-order valence-electron chi connectivity index (χ1n) is 8.29. The minimum absolute atomic E-state index is 0. The van der Waals surface area contributed by atoms with E-state index in [1.165, 1.54) is 19.9 Å². The molecule has 0 atom stereocenters. The SMILES string of the molecule is CC(=O)Nc1ccc(C=O)cc1.CC(=O)Nc1ccc(C=O)cc1Cl.CC(=O)O.[Na+].[O-]Cl. The number of anilines is 2. The van der Waals surface area contributed by atoms with Crippen LogP contribution in [0.15, 0.2) is 42.5 Å². The minimum atomic E-state index is -0.833. The number of hydrogen-bond acceptors (Lipinski definition) is 6. The molecule has 2 amide bonds. The molecule has 3 N–H and O–H groups in total. The number of hydrogen-bond donors (Lipinski definition) is 3. The van der Waals surface area contributed by atoms with Gasteiger partial charge in [0.25, 0.3) is 5.97 Å². The van der Waals surface area contributed by atoms with E-state index in [9.17, 15) is 19.2 Å². The largest absolute Gasteiger partial charge is 1.00 e. The molecule has 32 heavy (non-hydrogen) atoms. The number of carboxylic acid groups (broad SMARTS) is 1. The molecule has 0 bridgehead atoms. The van der Waals surface area contributed by atoms with Crippen LogP contribution in [-0.4, -0.2) is 35.5 Å². The number of benzene rings is 2. The van der Waals surface area contributed by atoms with Crippen LogP contribution in [0.1, 0.15) is 41.5 Å². The van der Waals surface area contributed by atoms with Crippen LogP contribution in [0, 0.1) is 0 Å². The predicted molar refractivity (Wildman–Crippen MR) is 116 cm³/mol. The molecule has 0 aromatic heterocycles. The van der Waals surface area contributed by atoms with Gasteiger partial charge in [0.1, 0.15) is 12.6 Å². The monoisotopic (exact) mass is 494 g/mol. The van der Waals surface area contributed by atoms with Gasteiger partial charge in [0.05, 0.1) is 10.7 Å². The summed E-state index contributed by atoms with van der Waals surface area (Å²) in [5.74, 6) is -1.14. The average Bonchev–Trinajstić information content (AvgIpc) is 2.71. The predicted octanol–water partition coefficient (Wildman–Crippen LogP) is 0.164. The Morgan fingerprint density at radius 2 is 1.25 bits per heavy atom. The number of carbonyl (C=O) groups is 5. The van der Waals surface area contributed by atoms with Crippen LogP contribution >= 0.6 is 23.5 Å². The number of nitrogens with one attached hydrogen (secondary N) is 2. The van der Waals surface area contributed by atoms with E-state index in [-0.39, 0.29) is 41.4 Å². The van der Waals surface area contributed by atoms with Gasteiger partial charge in [-0.05, 0) is 42.5 Å². The number of carboxylic acids is 1. The molecule has 0 saturated carbocycles. The fourth-order valence-electron chi connectivity index (χ4n) is 1.74. The molecule has 0 aliphatic heterocycles. The van der Waals surface area contributed by atoms with E-state index < -0.39 is 5.97 Å². The van der Waals surface area contributed by atoms with Gasteiger partial charge in [-0.3, -0.25) is 24.0 Å². The summed E-state index contributed by atoms with van der Waals surface area (Å²) in [7, 11) is 0. The fourth-order valence-corrected chi connectivity index (χ4v) is 1.98. The molecule has 168 valence electrons. The van der Waals surface area contributed by atoms with Crippen molar-refractivity contribution in [2.75, 3.05) is 10.6 Å². The normalized spacial score (nSPS) is 8.19. The van der Waals surface area contributed by atoms with E-state index in [2.05, 4.69) is 22.5 Å². The van der Waals surface area contributed by atoms with Gasteiger partial charge >= 0.3 is 29.6 Å². The van der Waals surface area contributed by atoms with Crippen LogP contribution in [0.25, 0.3) is 0 Å². The van der Waals surface area contributed by atoms with Gasteiger partial charge in [0.15, 0.2) is 0 Å². The molecule has 2 rings (SSSR count). The van der Waals surface area contributed by atoms with Crippen molar-refractivity contribution in [3.63, 3.8) is 0 Å². The van der Waals surface area contributed by atoms with Crippen LogP contribution in [0.4, 0.5) is 11.4 Å². The molecule has 0 aliphatic carbocycles. The first-order valence-corrected chi connectivity index (χ1v) is 8.97. The Bertz CT molecular complexity index is 875. The number of amides is 2. The summed E-state index contributed by atoms with van der Waals surface area (Å²) in [5.41, 5.74) is 2.30. The Morgan fingerprint density at radius 1 is 0.844 bits per heavy atom. The van der Waals surface area contributed by atoms with E-state index in [4.69, 9.17) is 26.2 Å². The topological polar surface area (TPSA) is 153 Å². The summed E-state index contributed by atoms with van der Waals surface area (Å²) < 4.78 is 7.72. The van der Waals surface area contributed by atoms with Crippen molar-refractivity contribution in [1.29, 1.82) is 0 Å². The number of carbonyl (C=O) groups excluding carboxylic acids is 4. The molecule has 0 spiro atoms. The molecule has 0 fully saturated rings. The molecule has 2 aromatic carbocycles. The van der Waals surface area contributed by atoms with Crippen molar-refractivity contribution < 1.29 is 63.3 Å². The van der Waals surface area contributed by atoms with E-state index in [1.54, 1.807) is 36.4 Å². The third kappa shape index (κ3) is 18.5. The zero-order chi connectivity index (χ0) is 24.4. The Kier molecular flexibility index (Phi) is 22.1. The third-order valence-electron chi connectivity index (χ3n) is 2.81. The molecule has 2 aromatic rings. The summed E-state index contributed by atoms with van der Waals surface area (Å²) in [5, 5.41) is 12.9. The maximum absolute atomic E-state index is 10.7. The van der Waals surface area contributed by atoms with Gasteiger partial charge in [-0.15, -0.1) is 0 Å². The van der Waals surface area contributed by atoms with E-state index in [0.29, 0.717) is 33.8 Å². The van der Waals surface area contributed by atoms with Gasteiger partial charge in [-0.2, -0.15) is 0 Å². The molecule has 0 heterocycles. The number of halogens is 2. The molecular weight excluding hydrogens is 474 g/mol. The quantitative estimate of drug-likeness (QED) is 0.404. The molecule has 0 radical (unpaired) electrons. The Morgan fingerprint density at radius 3 is 1.59 bits per heavy atom. The Labute approximate surface area is 217 Å². The van der Waals surface area contributed by atoms with Crippen molar-refractivity contribution in [2.24, 2.45) is 0 Å². The summed E-state index contributed by atoms with van der Waals surface area (Å²) in [6.07, 6.45) is 1.46. The van der Waals surface area contributed by atoms with E-state index in [1.807, 2.05) is 0 Å². The summed E-state index contributed by atoms with van der Waals surface area (Å²) in [4.78, 5) is 50.9. The molecule has 0 saturated heterocycles. The molecule has 9 nitrogen and oxygen atoms in total. The van der Waals surface area contributed by atoms with Crippen molar-refractivity contribution in [3.8, 4) is 0 Å². The van der Waals surface area contributed by atoms with Gasteiger partial charge in [0.2, 0.25) is 11.8 Å².